The number of nitrogens with zero attached hydrogens (tertiary/aromatic N) is 2. The van der Waals surface area contributed by atoms with Gasteiger partial charge >= 0.3 is 0 Å². The number of benzene rings is 2. The molecule has 0 atom stereocenters. The average Bonchev–Trinajstić information content (AvgIpc) is 2.79. The summed E-state index contributed by atoms with van der Waals surface area (Å²) in [4.78, 5) is 29.0. The van der Waals surface area contributed by atoms with Crippen LogP contribution in [0, 0.1) is 5.92 Å². The van der Waals surface area contributed by atoms with Gasteiger partial charge in [0.2, 0.25) is 0 Å². The lowest BCUT2D eigenvalue weighted by molar-refractivity contribution is -0.134. The van der Waals surface area contributed by atoms with E-state index in [1.165, 1.54) is 5.56 Å². The highest BCUT2D eigenvalue weighted by Gasteiger charge is 2.27. The molecule has 0 bridgehead atoms. The van der Waals surface area contributed by atoms with Crippen molar-refractivity contribution in [3.05, 3.63) is 65.2 Å². The van der Waals surface area contributed by atoms with E-state index in [9.17, 15) is 9.59 Å². The number of amides is 2. The minimum absolute atomic E-state index is 0.0306. The first-order valence-electron chi connectivity index (χ1n) is 11.0. The zero-order valence-corrected chi connectivity index (χ0v) is 17.7. The monoisotopic (exact) mass is 406 g/mol. The summed E-state index contributed by atoms with van der Waals surface area (Å²) in [5.41, 5.74) is 3.01. The van der Waals surface area contributed by atoms with Crippen molar-refractivity contribution in [3.8, 4) is 5.75 Å². The van der Waals surface area contributed by atoms with E-state index in [2.05, 4.69) is 24.3 Å². The van der Waals surface area contributed by atoms with Crippen LogP contribution in [-0.2, 0) is 17.6 Å². The number of ether oxygens (including phenoxy) is 1. The topological polar surface area (TPSA) is 49.9 Å². The minimum atomic E-state index is 0.0306. The number of hydrogen-bond acceptors (Lipinski definition) is 3. The molecular weight excluding hydrogens is 376 g/mol. The first-order valence-corrected chi connectivity index (χ1v) is 11.0. The molecule has 2 aliphatic rings. The normalized spacial score (nSPS) is 17.0. The molecule has 5 nitrogen and oxygen atoms in total. The van der Waals surface area contributed by atoms with Crippen LogP contribution >= 0.6 is 0 Å². The highest BCUT2D eigenvalue weighted by atomic mass is 16.5. The summed E-state index contributed by atoms with van der Waals surface area (Å²) in [7, 11) is 0. The summed E-state index contributed by atoms with van der Waals surface area (Å²) in [6.45, 7) is 5.01. The van der Waals surface area contributed by atoms with Gasteiger partial charge in [0.25, 0.3) is 11.8 Å². The van der Waals surface area contributed by atoms with Gasteiger partial charge in [-0.15, -0.1) is 0 Å². The summed E-state index contributed by atoms with van der Waals surface area (Å²) in [5, 5.41) is 0. The first kappa shape index (κ1) is 20.5. The Balaban J connectivity index is 1.30. The second kappa shape index (κ2) is 9.33. The summed E-state index contributed by atoms with van der Waals surface area (Å²) in [6, 6.07) is 16.1. The number of carbonyl (C=O) groups is 2. The molecular formula is C25H30N2O3. The molecule has 2 amide bonds. The van der Waals surface area contributed by atoms with E-state index in [0.29, 0.717) is 30.3 Å². The fourth-order valence-electron chi connectivity index (χ4n) is 4.54. The fraction of sp³-hybridized carbons (Fsp3) is 0.440. The zero-order valence-electron chi connectivity index (χ0n) is 17.7. The van der Waals surface area contributed by atoms with E-state index in [1.807, 2.05) is 41.0 Å². The van der Waals surface area contributed by atoms with Gasteiger partial charge in [-0.3, -0.25) is 9.59 Å². The van der Waals surface area contributed by atoms with Crippen molar-refractivity contribution in [1.82, 2.24) is 9.80 Å². The van der Waals surface area contributed by atoms with E-state index >= 15 is 0 Å². The van der Waals surface area contributed by atoms with Gasteiger partial charge < -0.3 is 14.5 Å². The molecule has 0 aromatic heterocycles. The number of carbonyl (C=O) groups excluding carboxylic acids is 2. The summed E-state index contributed by atoms with van der Waals surface area (Å²) in [6.07, 6.45) is 3.91. The van der Waals surface area contributed by atoms with Crippen molar-refractivity contribution in [2.24, 2.45) is 5.92 Å². The Kier molecular flexibility index (Phi) is 6.36. The van der Waals surface area contributed by atoms with Crippen molar-refractivity contribution in [2.75, 3.05) is 32.8 Å². The number of hydrogen-bond donors (Lipinski definition) is 0. The lowest BCUT2D eigenvalue weighted by Crippen LogP contribution is -2.41. The highest BCUT2D eigenvalue weighted by Crippen LogP contribution is 2.28. The third-order valence-corrected chi connectivity index (χ3v) is 6.35. The van der Waals surface area contributed by atoms with E-state index in [-0.39, 0.29) is 18.4 Å². The van der Waals surface area contributed by atoms with E-state index in [1.54, 1.807) is 0 Å². The third kappa shape index (κ3) is 4.50. The van der Waals surface area contributed by atoms with Crippen molar-refractivity contribution >= 4 is 11.8 Å². The maximum absolute atomic E-state index is 12.7. The quantitative estimate of drug-likeness (QED) is 0.737. The van der Waals surface area contributed by atoms with Crippen molar-refractivity contribution in [3.63, 3.8) is 0 Å². The largest absolute Gasteiger partial charge is 0.483 e. The predicted octanol–water partition coefficient (Wildman–Crippen LogP) is 3.56. The van der Waals surface area contributed by atoms with E-state index in [4.69, 9.17) is 4.74 Å². The highest BCUT2D eigenvalue weighted by molar-refractivity contribution is 5.97. The van der Waals surface area contributed by atoms with Gasteiger partial charge in [0.05, 0.1) is 0 Å². The fourth-order valence-corrected chi connectivity index (χ4v) is 4.54. The predicted molar refractivity (Wildman–Crippen MR) is 117 cm³/mol. The van der Waals surface area contributed by atoms with Crippen LogP contribution in [0.5, 0.6) is 5.75 Å². The lowest BCUT2D eigenvalue weighted by atomic mass is 9.90. The number of fused-ring (bicyclic) bond motifs is 1. The van der Waals surface area contributed by atoms with Gasteiger partial charge in [-0.05, 0) is 56.2 Å². The van der Waals surface area contributed by atoms with Gasteiger partial charge in [-0.1, -0.05) is 36.4 Å². The maximum atomic E-state index is 12.7. The molecule has 4 rings (SSSR count). The van der Waals surface area contributed by atoms with Crippen LogP contribution in [0.1, 0.15) is 41.3 Å². The second-order valence-electron chi connectivity index (χ2n) is 8.22. The lowest BCUT2D eigenvalue weighted by Gasteiger charge is -2.32. The number of piperidine rings is 1. The van der Waals surface area contributed by atoms with Crippen LogP contribution in [0.15, 0.2) is 48.5 Å². The molecule has 5 heteroatoms. The van der Waals surface area contributed by atoms with Gasteiger partial charge in [0, 0.05) is 37.3 Å². The molecule has 30 heavy (non-hydrogen) atoms. The Morgan fingerprint density at radius 1 is 1.03 bits per heavy atom. The smallest absolute Gasteiger partial charge is 0.260 e. The molecule has 0 aliphatic carbocycles. The Morgan fingerprint density at radius 2 is 1.80 bits per heavy atom. The summed E-state index contributed by atoms with van der Waals surface area (Å²) >= 11 is 0. The molecule has 0 spiro atoms. The molecule has 0 N–H and O–H groups in total. The Labute approximate surface area is 178 Å². The van der Waals surface area contributed by atoms with Gasteiger partial charge in [0.15, 0.2) is 6.61 Å². The molecule has 2 aromatic rings. The van der Waals surface area contributed by atoms with Gasteiger partial charge in [0.1, 0.15) is 5.75 Å². The SMILES string of the molecule is CCN1CCc2c(OCC(=O)N3CCC(Cc4ccccc4)CC3)cccc2C1=O. The molecule has 0 saturated carbocycles. The Morgan fingerprint density at radius 3 is 2.53 bits per heavy atom. The molecule has 2 heterocycles. The summed E-state index contributed by atoms with van der Waals surface area (Å²) < 4.78 is 5.90. The second-order valence-corrected chi connectivity index (χ2v) is 8.22. The molecule has 2 aliphatic heterocycles. The van der Waals surface area contributed by atoms with Crippen LogP contribution in [0.2, 0.25) is 0 Å². The van der Waals surface area contributed by atoms with Crippen molar-refractivity contribution in [1.29, 1.82) is 0 Å². The molecule has 158 valence electrons. The van der Waals surface area contributed by atoms with Crippen LogP contribution in [0.3, 0.4) is 0 Å². The molecule has 1 saturated heterocycles. The molecule has 2 aromatic carbocycles. The van der Waals surface area contributed by atoms with Gasteiger partial charge in [-0.25, -0.2) is 0 Å². The molecule has 0 unspecified atom stereocenters. The number of likely N-dealkylation sites (N-methyl/N-ethyl adjacent to an activating group) is 1. The number of rotatable bonds is 6. The minimum Gasteiger partial charge on any atom is -0.483 e. The summed E-state index contributed by atoms with van der Waals surface area (Å²) in [5.74, 6) is 1.38. The standard InChI is InChI=1S/C25H30N2O3/c1-2-26-16-13-21-22(25(26)29)9-6-10-23(21)30-18-24(28)27-14-11-20(12-15-27)17-19-7-4-3-5-8-19/h3-10,20H,2,11-18H2,1H3. The maximum Gasteiger partial charge on any atom is 0.260 e. The number of likely N-dealkylation sites (tertiary alicyclic amines) is 1. The molecule has 0 radical (unpaired) electrons. The third-order valence-electron chi connectivity index (χ3n) is 6.35. The Bertz CT molecular complexity index is 889. The van der Waals surface area contributed by atoms with Gasteiger partial charge in [-0.2, -0.15) is 0 Å². The van der Waals surface area contributed by atoms with Crippen molar-refractivity contribution < 1.29 is 14.3 Å². The van der Waals surface area contributed by atoms with Crippen molar-refractivity contribution in [2.45, 2.75) is 32.6 Å². The average molecular weight is 407 g/mol. The first-order chi connectivity index (χ1) is 14.7. The Hall–Kier alpha value is -2.82. The van der Waals surface area contributed by atoms with Crippen LogP contribution in [0.4, 0.5) is 0 Å². The van der Waals surface area contributed by atoms with Crippen LogP contribution < -0.4 is 4.74 Å². The van der Waals surface area contributed by atoms with E-state index in [0.717, 1.165) is 44.3 Å². The molecule has 1 fully saturated rings. The van der Waals surface area contributed by atoms with Crippen LogP contribution in [0.25, 0.3) is 0 Å². The van der Waals surface area contributed by atoms with Crippen LogP contribution in [-0.4, -0.2) is 54.4 Å². The zero-order chi connectivity index (χ0) is 20.9. The van der Waals surface area contributed by atoms with E-state index < -0.39 is 0 Å².